The predicted molar refractivity (Wildman–Crippen MR) is 262 cm³/mol. The third-order valence-corrected chi connectivity index (χ3v) is 15.2. The Labute approximate surface area is 399 Å². The van der Waals surface area contributed by atoms with E-state index in [0.717, 1.165) is 5.92 Å². The molecule has 3 aliphatic rings. The summed E-state index contributed by atoms with van der Waals surface area (Å²) >= 11 is 0. The SMILES string of the molecule is [CH2][C]1C(c2ccccc2)=CC(c2ccccc2)=C1c1ccccc1.[CH]1[CH][CH][C](P(c2ccccc2)c2ccccc2)[CH]1.[CH]1[CH][CH][C](P(c2ccccc2)c2ccccc2)[CH]1.[Fe].[Pd]. The molecule has 0 aliphatic heterocycles. The third-order valence-electron chi connectivity index (χ3n) is 10.3. The second-order valence-electron chi connectivity index (χ2n) is 14.2. The van der Waals surface area contributed by atoms with Gasteiger partial charge in [0, 0.05) is 54.7 Å². The average molecular weight is 967 g/mol. The molecule has 306 valence electrons. The van der Waals surface area contributed by atoms with Gasteiger partial charge in [-0.05, 0) is 135 Å². The molecule has 0 N–H and O–H groups in total. The maximum atomic E-state index is 4.42. The van der Waals surface area contributed by atoms with Crippen molar-refractivity contribution in [3.05, 3.63) is 311 Å². The van der Waals surface area contributed by atoms with Gasteiger partial charge in [0.1, 0.15) is 0 Å². The van der Waals surface area contributed by atoms with Crippen LogP contribution in [0.2, 0.25) is 0 Å². The monoisotopic (exact) mass is 966 g/mol. The van der Waals surface area contributed by atoms with Crippen molar-refractivity contribution in [1.29, 1.82) is 0 Å². The first kappa shape index (κ1) is 47.5. The predicted octanol–water partition coefficient (Wildman–Crippen LogP) is 13.1. The van der Waals surface area contributed by atoms with E-state index in [0.29, 0.717) is 0 Å². The van der Waals surface area contributed by atoms with Crippen molar-refractivity contribution in [3.8, 4) is 0 Å². The number of allylic oxidation sites excluding steroid dienone is 4. The molecule has 4 heteroatoms. The van der Waals surface area contributed by atoms with Gasteiger partial charge in [0.15, 0.2) is 0 Å². The molecule has 0 amide bonds. The van der Waals surface area contributed by atoms with Crippen LogP contribution in [-0.4, -0.2) is 0 Å². The molecule has 0 aromatic heterocycles. The Hall–Kier alpha value is -3.94. The van der Waals surface area contributed by atoms with Crippen molar-refractivity contribution in [2.24, 2.45) is 0 Å². The van der Waals surface area contributed by atoms with Gasteiger partial charge in [-0.25, -0.2) is 0 Å². The van der Waals surface area contributed by atoms with E-state index in [1.54, 1.807) is 0 Å². The zero-order chi connectivity index (χ0) is 40.8. The molecule has 7 aromatic carbocycles. The van der Waals surface area contributed by atoms with E-state index >= 15 is 0 Å². The van der Waals surface area contributed by atoms with Gasteiger partial charge in [-0.1, -0.05) is 212 Å². The van der Waals surface area contributed by atoms with Crippen molar-refractivity contribution in [2.75, 3.05) is 0 Å². The summed E-state index contributed by atoms with van der Waals surface area (Å²) in [5.41, 5.74) is 10.2. The van der Waals surface area contributed by atoms with Crippen LogP contribution >= 0.6 is 15.8 Å². The standard InChI is InChI=1S/C24H18.2C17H14P.Fe.Pd/c1-18-22(19-11-5-2-6-12-19)17-23(20-13-7-3-8-14-20)24(18)21-15-9-4-10-16-21;2*1-3-9-15(10-4-1)18(17-13-7-8-14-17)16-11-5-2-6-12-16;;/h2-17H,1H2;2*1-14H;;. The van der Waals surface area contributed by atoms with Crippen LogP contribution in [0, 0.1) is 75.5 Å². The Morgan fingerprint density at radius 1 is 0.323 bits per heavy atom. The smallest absolute Gasteiger partial charge is 0.0359 e. The van der Waals surface area contributed by atoms with Crippen LogP contribution in [0.3, 0.4) is 0 Å². The Kier molecular flexibility index (Phi) is 19.0. The van der Waals surface area contributed by atoms with Crippen molar-refractivity contribution in [2.45, 2.75) is 0 Å². The van der Waals surface area contributed by atoms with Crippen molar-refractivity contribution in [3.63, 3.8) is 0 Å². The van der Waals surface area contributed by atoms with Gasteiger partial charge in [-0.2, -0.15) is 0 Å². The van der Waals surface area contributed by atoms with Gasteiger partial charge in [-0.15, -0.1) is 0 Å². The number of hydrogen-bond donors (Lipinski definition) is 0. The number of hydrogen-bond acceptors (Lipinski definition) is 0. The molecular weight excluding hydrogens is 921 g/mol. The van der Waals surface area contributed by atoms with E-state index in [2.05, 4.69) is 271 Å². The molecule has 2 fully saturated rings. The van der Waals surface area contributed by atoms with Gasteiger partial charge < -0.3 is 0 Å². The van der Waals surface area contributed by atoms with E-state index < -0.39 is 15.8 Å². The zero-order valence-electron chi connectivity index (χ0n) is 34.2. The molecule has 0 unspecified atom stereocenters. The molecule has 0 spiro atoms. The summed E-state index contributed by atoms with van der Waals surface area (Å²) in [5.74, 6) is 1.09. The minimum atomic E-state index is -0.409. The van der Waals surface area contributed by atoms with E-state index in [1.807, 2.05) is 6.07 Å². The van der Waals surface area contributed by atoms with Crippen LogP contribution in [0.4, 0.5) is 0 Å². The van der Waals surface area contributed by atoms with Gasteiger partial charge in [0.05, 0.1) is 0 Å². The molecular formula is C58H46FeP2Pd. The fourth-order valence-corrected chi connectivity index (χ4v) is 12.1. The molecule has 0 atom stereocenters. The normalized spacial score (nSPS) is 15.2. The molecule has 0 bridgehead atoms. The summed E-state index contributed by atoms with van der Waals surface area (Å²) in [6, 6.07) is 74.7. The average Bonchev–Trinajstić information content (AvgIpc) is 4.13. The minimum absolute atomic E-state index is 0. The maximum Gasteiger partial charge on any atom is 0.0359 e. The first-order valence-corrected chi connectivity index (χ1v) is 23.0. The maximum absolute atomic E-state index is 4.42. The largest absolute Gasteiger partial charge is 0.0622 e. The summed E-state index contributed by atoms with van der Waals surface area (Å²) in [6.45, 7) is 4.42. The van der Waals surface area contributed by atoms with E-state index in [9.17, 15) is 0 Å². The fourth-order valence-electron chi connectivity index (χ4n) is 7.48. The van der Waals surface area contributed by atoms with Crippen molar-refractivity contribution >= 4 is 53.8 Å². The van der Waals surface area contributed by atoms with Gasteiger partial charge in [-0.3, -0.25) is 0 Å². The van der Waals surface area contributed by atoms with E-state index in [4.69, 9.17) is 0 Å². The number of benzene rings is 7. The Morgan fingerprint density at radius 3 is 0.919 bits per heavy atom. The van der Waals surface area contributed by atoms with Crippen molar-refractivity contribution < 1.29 is 37.5 Å². The molecule has 3 aliphatic carbocycles. The van der Waals surface area contributed by atoms with Crippen molar-refractivity contribution in [1.82, 2.24) is 0 Å². The zero-order valence-corrected chi connectivity index (χ0v) is 38.6. The molecule has 7 aromatic rings. The Bertz CT molecular complexity index is 2200. The van der Waals surface area contributed by atoms with Crippen LogP contribution in [-0.2, 0) is 37.5 Å². The summed E-state index contributed by atoms with van der Waals surface area (Å²) in [7, 11) is -0.818. The van der Waals surface area contributed by atoms with Crippen LogP contribution in [0.5, 0.6) is 0 Å². The molecule has 0 saturated heterocycles. The molecule has 2 saturated carbocycles. The quantitative estimate of drug-likeness (QED) is 0.0999. The topological polar surface area (TPSA) is 0 Å². The number of rotatable bonds is 9. The Balaban J connectivity index is 0.000000155. The molecule has 62 heavy (non-hydrogen) atoms. The van der Waals surface area contributed by atoms with Gasteiger partial charge >= 0.3 is 0 Å². The van der Waals surface area contributed by atoms with Crippen LogP contribution in [0.1, 0.15) is 16.7 Å². The molecule has 12 radical (unpaired) electrons. The molecule has 0 heterocycles. The van der Waals surface area contributed by atoms with Crippen LogP contribution < -0.4 is 21.2 Å². The second kappa shape index (κ2) is 24.8. The fraction of sp³-hybridized carbons (Fsp3) is 0. The minimum Gasteiger partial charge on any atom is -0.0622 e. The molecule has 0 nitrogen and oxygen atoms in total. The summed E-state index contributed by atoms with van der Waals surface area (Å²) < 4.78 is 0. The van der Waals surface area contributed by atoms with E-state index in [-0.39, 0.29) is 37.5 Å². The summed E-state index contributed by atoms with van der Waals surface area (Å²) in [6.07, 6.45) is 19.7. The molecule has 10 rings (SSSR count). The first-order valence-electron chi connectivity index (χ1n) is 20.3. The second-order valence-corrected chi connectivity index (χ2v) is 18.7. The Morgan fingerprint density at radius 2 is 0.597 bits per heavy atom. The van der Waals surface area contributed by atoms with Crippen LogP contribution in [0.15, 0.2) is 218 Å². The van der Waals surface area contributed by atoms with Crippen LogP contribution in [0.25, 0.3) is 16.7 Å². The summed E-state index contributed by atoms with van der Waals surface area (Å²) in [4.78, 5) is 0. The third kappa shape index (κ3) is 12.2. The van der Waals surface area contributed by atoms with Gasteiger partial charge in [0.25, 0.3) is 0 Å². The van der Waals surface area contributed by atoms with Gasteiger partial charge in [0.2, 0.25) is 0 Å². The van der Waals surface area contributed by atoms with E-state index in [1.165, 1.54) is 65.9 Å². The first-order chi connectivity index (χ1) is 29.7. The summed E-state index contributed by atoms with van der Waals surface area (Å²) in [5, 5.41) is 5.63.